The van der Waals surface area contributed by atoms with Gasteiger partial charge >= 0.3 is 6.18 Å². The number of halogens is 5. The van der Waals surface area contributed by atoms with Crippen molar-refractivity contribution in [3.8, 4) is 5.75 Å². The van der Waals surface area contributed by atoms with Crippen LogP contribution in [-0.4, -0.2) is 34.8 Å². The van der Waals surface area contributed by atoms with Gasteiger partial charge in [0.1, 0.15) is 6.10 Å². The first-order valence-electron chi connectivity index (χ1n) is 10.2. The molecule has 4 atom stereocenters. The van der Waals surface area contributed by atoms with E-state index in [2.05, 4.69) is 9.97 Å². The van der Waals surface area contributed by atoms with Crippen molar-refractivity contribution in [3.05, 3.63) is 65.1 Å². The summed E-state index contributed by atoms with van der Waals surface area (Å²) in [6.07, 6.45) is -4.80. The van der Waals surface area contributed by atoms with Gasteiger partial charge in [-0.15, -0.1) is 0 Å². The smallest absolute Gasteiger partial charge is 0.417 e. The zero-order valence-corrected chi connectivity index (χ0v) is 18.3. The lowest BCUT2D eigenvalue weighted by Gasteiger charge is -2.32. The monoisotopic (exact) mass is 481 g/mol. The standard InChI is InChI=1S/C23H20F5N3O3/c1-10-16(13-6-7-14(24)17(25)18(13)33-3)19(34-22(10,2)23(26,27)28)21-30-9-12-5-4-11(20(29)32)8-15(12)31-21/h4-10,16,19H,1-3H3,(H2,29,32)/t10-,16-,19+,22+/m0/s1. The second kappa shape index (κ2) is 8.15. The Morgan fingerprint density at radius 2 is 1.91 bits per heavy atom. The molecule has 0 bridgehead atoms. The molecule has 2 N–H and O–H groups in total. The molecule has 6 nitrogen and oxygen atoms in total. The van der Waals surface area contributed by atoms with Crippen LogP contribution in [0.5, 0.6) is 5.75 Å². The molecule has 1 aliphatic rings. The fraction of sp³-hybridized carbons (Fsp3) is 0.348. The Hall–Kier alpha value is -3.34. The molecule has 34 heavy (non-hydrogen) atoms. The van der Waals surface area contributed by atoms with Gasteiger partial charge in [0, 0.05) is 34.5 Å². The molecule has 0 spiro atoms. The number of carbonyl (C=O) groups excluding carboxylic acids is 1. The van der Waals surface area contributed by atoms with E-state index in [0.29, 0.717) is 5.39 Å². The Morgan fingerprint density at radius 3 is 2.53 bits per heavy atom. The number of benzene rings is 2. The molecule has 180 valence electrons. The Labute approximate surface area is 190 Å². The maximum atomic E-state index is 14.5. The number of aromatic nitrogens is 2. The van der Waals surface area contributed by atoms with Gasteiger partial charge in [0.2, 0.25) is 11.7 Å². The molecular formula is C23H20F5N3O3. The molecule has 0 radical (unpaired) electrons. The number of nitrogens with two attached hydrogens (primary N) is 1. The molecule has 0 aliphatic carbocycles. The van der Waals surface area contributed by atoms with E-state index in [4.69, 9.17) is 15.2 Å². The summed E-state index contributed by atoms with van der Waals surface area (Å²) >= 11 is 0. The Morgan fingerprint density at radius 1 is 1.21 bits per heavy atom. The minimum atomic E-state index is -4.79. The third-order valence-corrected chi connectivity index (χ3v) is 6.45. The molecule has 0 unspecified atom stereocenters. The Balaban J connectivity index is 1.92. The maximum Gasteiger partial charge on any atom is 0.417 e. The minimum absolute atomic E-state index is 0.0125. The first kappa shape index (κ1) is 23.8. The summed E-state index contributed by atoms with van der Waals surface area (Å²) in [5.74, 6) is -6.28. The summed E-state index contributed by atoms with van der Waals surface area (Å²) < 4.78 is 81.3. The molecule has 1 saturated heterocycles. The van der Waals surface area contributed by atoms with Crippen LogP contribution >= 0.6 is 0 Å². The lowest BCUT2D eigenvalue weighted by Crippen LogP contribution is -2.46. The van der Waals surface area contributed by atoms with Crippen LogP contribution in [0, 0.1) is 17.6 Å². The molecule has 1 amide bonds. The highest BCUT2D eigenvalue weighted by Gasteiger charge is 2.65. The van der Waals surface area contributed by atoms with Gasteiger partial charge in [0.25, 0.3) is 0 Å². The average molecular weight is 481 g/mol. The van der Waals surface area contributed by atoms with Crippen LogP contribution in [0.4, 0.5) is 22.0 Å². The van der Waals surface area contributed by atoms with Crippen molar-refractivity contribution < 1.29 is 36.2 Å². The molecule has 1 aliphatic heterocycles. The van der Waals surface area contributed by atoms with Crippen molar-refractivity contribution in [1.82, 2.24) is 9.97 Å². The number of alkyl halides is 3. The number of carbonyl (C=O) groups is 1. The van der Waals surface area contributed by atoms with E-state index in [1.165, 1.54) is 31.3 Å². The molecule has 1 fully saturated rings. The number of amides is 1. The largest absolute Gasteiger partial charge is 0.493 e. The topological polar surface area (TPSA) is 87.3 Å². The van der Waals surface area contributed by atoms with Crippen LogP contribution in [0.1, 0.15) is 47.6 Å². The van der Waals surface area contributed by atoms with Crippen molar-refractivity contribution in [2.24, 2.45) is 11.7 Å². The van der Waals surface area contributed by atoms with E-state index >= 15 is 0 Å². The average Bonchev–Trinajstić information content (AvgIpc) is 3.06. The number of rotatable bonds is 4. The van der Waals surface area contributed by atoms with Gasteiger partial charge in [-0.05, 0) is 25.1 Å². The number of nitrogens with zero attached hydrogens (tertiary/aromatic N) is 2. The van der Waals surface area contributed by atoms with Crippen LogP contribution in [0.15, 0.2) is 36.5 Å². The van der Waals surface area contributed by atoms with Gasteiger partial charge in [-0.3, -0.25) is 4.79 Å². The summed E-state index contributed by atoms with van der Waals surface area (Å²) in [6, 6.07) is 6.39. The van der Waals surface area contributed by atoms with E-state index in [-0.39, 0.29) is 22.5 Å². The normalized spacial score (nSPS) is 25.0. The molecule has 11 heteroatoms. The van der Waals surface area contributed by atoms with Gasteiger partial charge in [-0.1, -0.05) is 19.1 Å². The van der Waals surface area contributed by atoms with Crippen molar-refractivity contribution in [3.63, 3.8) is 0 Å². The second-order valence-electron chi connectivity index (χ2n) is 8.31. The predicted molar refractivity (Wildman–Crippen MR) is 111 cm³/mol. The number of hydrogen-bond donors (Lipinski definition) is 1. The summed E-state index contributed by atoms with van der Waals surface area (Å²) in [4.78, 5) is 20.1. The van der Waals surface area contributed by atoms with Crippen molar-refractivity contribution >= 4 is 16.8 Å². The Bertz CT molecular complexity index is 1280. The highest BCUT2D eigenvalue weighted by Crippen LogP contribution is 2.59. The summed E-state index contributed by atoms with van der Waals surface area (Å²) in [5, 5.41) is 0.514. The summed E-state index contributed by atoms with van der Waals surface area (Å²) in [5.41, 5.74) is 3.06. The number of primary amides is 1. The van der Waals surface area contributed by atoms with E-state index in [9.17, 15) is 26.7 Å². The predicted octanol–water partition coefficient (Wildman–Crippen LogP) is 4.83. The zero-order valence-electron chi connectivity index (χ0n) is 18.3. The van der Waals surface area contributed by atoms with Gasteiger partial charge in [-0.25, -0.2) is 14.4 Å². The van der Waals surface area contributed by atoms with E-state index in [1.54, 1.807) is 6.07 Å². The second-order valence-corrected chi connectivity index (χ2v) is 8.31. The third-order valence-electron chi connectivity index (χ3n) is 6.45. The van der Waals surface area contributed by atoms with Crippen LogP contribution in [0.3, 0.4) is 0 Å². The van der Waals surface area contributed by atoms with Crippen molar-refractivity contribution in [2.45, 2.75) is 37.6 Å². The zero-order chi connectivity index (χ0) is 25.0. The molecule has 2 aromatic carbocycles. The van der Waals surface area contributed by atoms with Crippen LogP contribution in [-0.2, 0) is 4.74 Å². The van der Waals surface area contributed by atoms with Gasteiger partial charge in [0.15, 0.2) is 23.0 Å². The molecule has 4 rings (SSSR count). The fourth-order valence-corrected chi connectivity index (χ4v) is 4.36. The number of hydrogen-bond acceptors (Lipinski definition) is 5. The SMILES string of the molecule is COc1c([C@H]2[C@H](c3ncc4ccc(C(N)=O)cc4n3)O[C@@](C)(C(F)(F)F)[C@H]2C)ccc(F)c1F. The highest BCUT2D eigenvalue weighted by molar-refractivity contribution is 5.96. The third kappa shape index (κ3) is 3.64. The van der Waals surface area contributed by atoms with Crippen molar-refractivity contribution in [2.75, 3.05) is 7.11 Å². The van der Waals surface area contributed by atoms with Gasteiger partial charge in [-0.2, -0.15) is 17.6 Å². The van der Waals surface area contributed by atoms with E-state index in [1.807, 2.05) is 0 Å². The highest BCUT2D eigenvalue weighted by atomic mass is 19.4. The number of fused-ring (bicyclic) bond motifs is 1. The van der Waals surface area contributed by atoms with Crippen LogP contribution in [0.2, 0.25) is 0 Å². The molecule has 1 aromatic heterocycles. The molecule has 2 heterocycles. The number of ether oxygens (including phenoxy) is 2. The van der Waals surface area contributed by atoms with E-state index < -0.39 is 53.0 Å². The fourth-order valence-electron chi connectivity index (χ4n) is 4.36. The van der Waals surface area contributed by atoms with Crippen molar-refractivity contribution in [1.29, 1.82) is 0 Å². The first-order chi connectivity index (χ1) is 15.9. The van der Waals surface area contributed by atoms with Crippen LogP contribution < -0.4 is 10.5 Å². The quantitative estimate of drug-likeness (QED) is 0.540. The minimum Gasteiger partial charge on any atom is -0.493 e. The molecule has 3 aromatic rings. The van der Waals surface area contributed by atoms with E-state index in [0.717, 1.165) is 20.1 Å². The Kier molecular flexibility index (Phi) is 5.71. The lowest BCUT2D eigenvalue weighted by molar-refractivity contribution is -0.275. The molecule has 0 saturated carbocycles. The first-order valence-corrected chi connectivity index (χ1v) is 10.2. The van der Waals surface area contributed by atoms with Gasteiger partial charge in [0.05, 0.1) is 12.6 Å². The summed E-state index contributed by atoms with van der Waals surface area (Å²) in [6.45, 7) is 2.20. The van der Waals surface area contributed by atoms with Gasteiger partial charge < -0.3 is 15.2 Å². The molecular weight excluding hydrogens is 461 g/mol. The summed E-state index contributed by atoms with van der Waals surface area (Å²) in [7, 11) is 1.09. The van der Waals surface area contributed by atoms with Crippen LogP contribution in [0.25, 0.3) is 10.9 Å². The lowest BCUT2D eigenvalue weighted by atomic mass is 9.77. The number of methoxy groups -OCH3 is 1. The maximum absolute atomic E-state index is 14.5.